The molecule has 0 saturated heterocycles. The molecule has 0 aliphatic rings. The Bertz CT molecular complexity index is 721. The zero-order chi connectivity index (χ0) is 14.1. The number of benzene rings is 1. The second-order valence-electron chi connectivity index (χ2n) is 5.43. The lowest BCUT2D eigenvalue weighted by atomic mass is 10.1. The lowest BCUT2D eigenvalue weighted by molar-refractivity contribution is 0.564. The van der Waals surface area contributed by atoms with Crippen LogP contribution in [0, 0.1) is 0 Å². The Labute approximate surface area is 118 Å². The van der Waals surface area contributed by atoms with Crippen molar-refractivity contribution in [2.75, 3.05) is 0 Å². The predicted octanol–water partition coefficient (Wildman–Crippen LogP) is 2.93. The molecule has 0 saturated carbocycles. The van der Waals surface area contributed by atoms with Crippen LogP contribution in [0.3, 0.4) is 0 Å². The molecule has 0 radical (unpaired) electrons. The van der Waals surface area contributed by atoms with Gasteiger partial charge in [0.25, 0.3) is 0 Å². The van der Waals surface area contributed by atoms with Gasteiger partial charge in [0.15, 0.2) is 0 Å². The summed E-state index contributed by atoms with van der Waals surface area (Å²) in [4.78, 5) is 4.26. The van der Waals surface area contributed by atoms with Crippen LogP contribution in [0.5, 0.6) is 0 Å². The van der Waals surface area contributed by atoms with Crippen LogP contribution in [0.2, 0.25) is 0 Å². The maximum absolute atomic E-state index is 5.69. The lowest BCUT2D eigenvalue weighted by Crippen LogP contribution is -2.08. The van der Waals surface area contributed by atoms with E-state index in [0.29, 0.717) is 12.6 Å². The van der Waals surface area contributed by atoms with E-state index >= 15 is 0 Å². The maximum Gasteiger partial charge on any atom is 0.0951 e. The second-order valence-corrected chi connectivity index (χ2v) is 5.43. The minimum atomic E-state index is 0.429. The number of rotatable bonds is 4. The number of hydrogen-bond acceptors (Lipinski definition) is 2. The van der Waals surface area contributed by atoms with Crippen molar-refractivity contribution in [3.63, 3.8) is 0 Å². The fourth-order valence-electron chi connectivity index (χ4n) is 2.61. The van der Waals surface area contributed by atoms with Crippen LogP contribution in [0.25, 0.3) is 10.9 Å². The van der Waals surface area contributed by atoms with Gasteiger partial charge in [0, 0.05) is 30.5 Å². The van der Waals surface area contributed by atoms with E-state index in [1.54, 1.807) is 0 Å². The molecule has 1 aromatic carbocycles. The molecule has 0 bridgehead atoms. The van der Waals surface area contributed by atoms with Crippen LogP contribution in [-0.4, -0.2) is 14.1 Å². The van der Waals surface area contributed by atoms with Gasteiger partial charge in [0.05, 0.1) is 18.6 Å². The molecule has 104 valence electrons. The Balaban J connectivity index is 1.97. The molecular formula is C16H20N4. The highest BCUT2D eigenvalue weighted by atomic mass is 15.1. The topological polar surface area (TPSA) is 48.8 Å². The van der Waals surface area contributed by atoms with E-state index in [9.17, 15) is 0 Å². The molecule has 0 aliphatic carbocycles. The number of fused-ring (bicyclic) bond motifs is 1. The van der Waals surface area contributed by atoms with Gasteiger partial charge in [-0.2, -0.15) is 0 Å². The molecule has 2 aromatic heterocycles. The van der Waals surface area contributed by atoms with Gasteiger partial charge in [0.1, 0.15) is 0 Å². The van der Waals surface area contributed by atoms with Gasteiger partial charge < -0.3 is 14.9 Å². The van der Waals surface area contributed by atoms with Gasteiger partial charge in [-0.25, -0.2) is 4.98 Å². The van der Waals surface area contributed by atoms with Crippen molar-refractivity contribution in [1.29, 1.82) is 0 Å². The van der Waals surface area contributed by atoms with Gasteiger partial charge >= 0.3 is 0 Å². The van der Waals surface area contributed by atoms with Crippen molar-refractivity contribution < 1.29 is 0 Å². The van der Waals surface area contributed by atoms with Crippen LogP contribution in [-0.2, 0) is 13.1 Å². The van der Waals surface area contributed by atoms with Crippen LogP contribution < -0.4 is 5.73 Å². The highest BCUT2D eigenvalue weighted by Gasteiger charge is 2.08. The van der Waals surface area contributed by atoms with Crippen molar-refractivity contribution in [2.45, 2.75) is 33.0 Å². The van der Waals surface area contributed by atoms with E-state index in [-0.39, 0.29) is 0 Å². The van der Waals surface area contributed by atoms with E-state index in [1.807, 2.05) is 12.5 Å². The number of nitrogens with zero attached hydrogens (tertiary/aromatic N) is 3. The molecule has 0 unspecified atom stereocenters. The van der Waals surface area contributed by atoms with Crippen molar-refractivity contribution in [2.24, 2.45) is 5.73 Å². The van der Waals surface area contributed by atoms with E-state index in [4.69, 9.17) is 5.73 Å². The number of aromatic nitrogens is 3. The second kappa shape index (κ2) is 5.13. The third-order valence-electron chi connectivity index (χ3n) is 3.71. The van der Waals surface area contributed by atoms with E-state index in [1.165, 1.54) is 22.2 Å². The van der Waals surface area contributed by atoms with Crippen LogP contribution in [0.15, 0.2) is 43.0 Å². The summed E-state index contributed by atoms with van der Waals surface area (Å²) in [6.45, 7) is 5.77. The Hall–Kier alpha value is -2.07. The zero-order valence-electron chi connectivity index (χ0n) is 12.0. The maximum atomic E-state index is 5.69. The Morgan fingerprint density at radius 2 is 2.10 bits per heavy atom. The summed E-state index contributed by atoms with van der Waals surface area (Å²) in [5, 5.41) is 1.24. The lowest BCUT2D eigenvalue weighted by Gasteiger charge is -2.13. The zero-order valence-corrected chi connectivity index (χ0v) is 12.0. The molecular weight excluding hydrogens is 248 g/mol. The molecule has 0 fully saturated rings. The molecule has 2 heterocycles. The van der Waals surface area contributed by atoms with E-state index in [2.05, 4.69) is 58.4 Å². The number of nitrogens with two attached hydrogens (primary N) is 1. The summed E-state index contributed by atoms with van der Waals surface area (Å²) >= 11 is 0. The standard InChI is InChI=1S/C16H20N4/c1-12(2)20-11-18-9-15(20)10-19-6-5-14-7-13(8-17)3-4-16(14)19/h3-7,9,11-12H,8,10,17H2,1-2H3. The van der Waals surface area contributed by atoms with Gasteiger partial charge in [-0.05, 0) is 43.0 Å². The number of hydrogen-bond donors (Lipinski definition) is 1. The third kappa shape index (κ3) is 2.23. The Kier molecular flexibility index (Phi) is 3.32. The highest BCUT2D eigenvalue weighted by molar-refractivity contribution is 5.81. The minimum absolute atomic E-state index is 0.429. The molecule has 2 N–H and O–H groups in total. The first-order valence-corrected chi connectivity index (χ1v) is 6.97. The highest BCUT2D eigenvalue weighted by Crippen LogP contribution is 2.19. The first-order chi connectivity index (χ1) is 9.69. The Morgan fingerprint density at radius 3 is 2.85 bits per heavy atom. The smallest absolute Gasteiger partial charge is 0.0951 e. The SMILES string of the molecule is CC(C)n1cncc1Cn1ccc2cc(CN)ccc21. The van der Waals surface area contributed by atoms with E-state index in [0.717, 1.165) is 6.54 Å². The molecule has 0 atom stereocenters. The van der Waals surface area contributed by atoms with Gasteiger partial charge in [-0.1, -0.05) is 6.07 Å². The minimum Gasteiger partial charge on any atom is -0.341 e. The number of imidazole rings is 1. The summed E-state index contributed by atoms with van der Waals surface area (Å²) in [7, 11) is 0. The summed E-state index contributed by atoms with van der Waals surface area (Å²) in [6.07, 6.45) is 5.97. The Morgan fingerprint density at radius 1 is 1.25 bits per heavy atom. The summed E-state index contributed by atoms with van der Waals surface area (Å²) in [5.74, 6) is 0. The van der Waals surface area contributed by atoms with Crippen molar-refractivity contribution in [3.05, 3.63) is 54.2 Å². The average Bonchev–Trinajstić information content (AvgIpc) is 3.06. The molecule has 0 amide bonds. The molecule has 0 spiro atoms. The molecule has 3 rings (SSSR count). The van der Waals surface area contributed by atoms with Crippen LogP contribution in [0.4, 0.5) is 0 Å². The molecule has 4 nitrogen and oxygen atoms in total. The van der Waals surface area contributed by atoms with E-state index < -0.39 is 0 Å². The van der Waals surface area contributed by atoms with Crippen LogP contribution in [0.1, 0.15) is 31.1 Å². The van der Waals surface area contributed by atoms with Gasteiger partial charge in [-0.3, -0.25) is 0 Å². The third-order valence-corrected chi connectivity index (χ3v) is 3.71. The van der Waals surface area contributed by atoms with Crippen molar-refractivity contribution in [1.82, 2.24) is 14.1 Å². The summed E-state index contributed by atoms with van der Waals surface area (Å²) < 4.78 is 4.46. The fraction of sp³-hybridized carbons (Fsp3) is 0.312. The molecule has 0 aliphatic heterocycles. The average molecular weight is 268 g/mol. The van der Waals surface area contributed by atoms with Gasteiger partial charge in [-0.15, -0.1) is 0 Å². The predicted molar refractivity (Wildman–Crippen MR) is 81.5 cm³/mol. The quantitative estimate of drug-likeness (QED) is 0.791. The fourth-order valence-corrected chi connectivity index (χ4v) is 2.61. The van der Waals surface area contributed by atoms with Crippen molar-refractivity contribution >= 4 is 10.9 Å². The summed E-state index contributed by atoms with van der Waals surface area (Å²) in [5.41, 5.74) is 9.32. The molecule has 20 heavy (non-hydrogen) atoms. The van der Waals surface area contributed by atoms with Gasteiger partial charge in [0.2, 0.25) is 0 Å². The largest absolute Gasteiger partial charge is 0.341 e. The monoisotopic (exact) mass is 268 g/mol. The first kappa shape index (κ1) is 12.9. The normalized spacial score (nSPS) is 11.6. The molecule has 3 aromatic rings. The molecule has 4 heteroatoms. The van der Waals surface area contributed by atoms with Crippen molar-refractivity contribution in [3.8, 4) is 0 Å². The van der Waals surface area contributed by atoms with Crippen LogP contribution >= 0.6 is 0 Å². The first-order valence-electron chi connectivity index (χ1n) is 6.97. The summed E-state index contributed by atoms with van der Waals surface area (Å²) in [6, 6.07) is 8.97.